The van der Waals surface area contributed by atoms with Crippen LogP contribution >= 0.6 is 0 Å². The van der Waals surface area contributed by atoms with Crippen molar-refractivity contribution in [2.45, 2.75) is 6.42 Å². The minimum Gasteiger partial charge on any atom is -0.379 e. The summed E-state index contributed by atoms with van der Waals surface area (Å²) in [6.07, 6.45) is 0.862. The highest BCUT2D eigenvalue weighted by molar-refractivity contribution is 5.96. The molecule has 1 aromatic carbocycles. The van der Waals surface area contributed by atoms with Crippen LogP contribution in [0.3, 0.4) is 0 Å². The summed E-state index contributed by atoms with van der Waals surface area (Å²) in [4.78, 5) is 29.6. The van der Waals surface area contributed by atoms with Crippen molar-refractivity contribution >= 4 is 17.6 Å². The predicted molar refractivity (Wildman–Crippen MR) is 95.6 cm³/mol. The van der Waals surface area contributed by atoms with Gasteiger partial charge in [-0.15, -0.1) is 0 Å². The van der Waals surface area contributed by atoms with E-state index in [1.165, 1.54) is 15.9 Å². The average molecular weight is 364 g/mol. The van der Waals surface area contributed by atoms with Gasteiger partial charge >= 0.3 is 6.03 Å². The lowest BCUT2D eigenvalue weighted by Gasteiger charge is -2.26. The van der Waals surface area contributed by atoms with Gasteiger partial charge in [0, 0.05) is 32.7 Å². The standard InChI is InChI=1S/C18H25FN4O3/c19-15-4-1-2-5-16(15)23-9-8-22(18(23)25)14-17(24)20-6-3-7-21-10-12-26-13-11-21/h1-2,4-5H,3,6-14H2,(H,20,24). The number of benzene rings is 1. The molecule has 2 aliphatic heterocycles. The molecular formula is C18H25FN4O3. The molecule has 2 heterocycles. The number of halogens is 1. The van der Waals surface area contributed by atoms with Gasteiger partial charge in [0.05, 0.1) is 18.9 Å². The molecule has 3 rings (SSSR count). The summed E-state index contributed by atoms with van der Waals surface area (Å²) in [7, 11) is 0. The molecule has 0 radical (unpaired) electrons. The van der Waals surface area contributed by atoms with Crippen molar-refractivity contribution in [3.63, 3.8) is 0 Å². The average Bonchev–Trinajstić information content (AvgIpc) is 3.00. The predicted octanol–water partition coefficient (Wildman–Crippen LogP) is 0.906. The lowest BCUT2D eigenvalue weighted by molar-refractivity contribution is -0.121. The van der Waals surface area contributed by atoms with Crippen LogP contribution in [0.1, 0.15) is 6.42 Å². The van der Waals surface area contributed by atoms with Crippen LogP contribution in [-0.4, -0.2) is 80.8 Å². The maximum atomic E-state index is 13.9. The highest BCUT2D eigenvalue weighted by Gasteiger charge is 2.32. The van der Waals surface area contributed by atoms with Gasteiger partial charge in [0.15, 0.2) is 0 Å². The number of urea groups is 1. The van der Waals surface area contributed by atoms with Crippen LogP contribution in [-0.2, 0) is 9.53 Å². The third-order valence-electron chi connectivity index (χ3n) is 4.65. The first-order chi connectivity index (χ1) is 12.6. The lowest BCUT2D eigenvalue weighted by Crippen LogP contribution is -2.41. The van der Waals surface area contributed by atoms with Gasteiger partial charge in [0.1, 0.15) is 12.4 Å². The molecule has 2 aliphatic rings. The number of carbonyl (C=O) groups excluding carboxylic acids is 2. The fourth-order valence-corrected chi connectivity index (χ4v) is 3.21. The van der Waals surface area contributed by atoms with Gasteiger partial charge in [0.25, 0.3) is 0 Å². The van der Waals surface area contributed by atoms with E-state index in [2.05, 4.69) is 10.2 Å². The fraction of sp³-hybridized carbons (Fsp3) is 0.556. The van der Waals surface area contributed by atoms with Crippen LogP contribution < -0.4 is 10.2 Å². The van der Waals surface area contributed by atoms with E-state index < -0.39 is 5.82 Å². The summed E-state index contributed by atoms with van der Waals surface area (Å²) in [5, 5.41) is 2.85. The second-order valence-electron chi connectivity index (χ2n) is 6.46. The van der Waals surface area contributed by atoms with Crippen molar-refractivity contribution in [2.24, 2.45) is 0 Å². The number of nitrogens with zero attached hydrogens (tertiary/aromatic N) is 3. The number of nitrogens with one attached hydrogen (secondary N) is 1. The van der Waals surface area contributed by atoms with E-state index in [1.807, 2.05) is 0 Å². The molecule has 1 N–H and O–H groups in total. The first-order valence-electron chi connectivity index (χ1n) is 9.03. The number of morpholine rings is 1. The number of amides is 3. The topological polar surface area (TPSA) is 65.1 Å². The maximum absolute atomic E-state index is 13.9. The third kappa shape index (κ3) is 4.70. The van der Waals surface area contributed by atoms with E-state index in [1.54, 1.807) is 18.2 Å². The molecule has 8 heteroatoms. The van der Waals surface area contributed by atoms with Crippen LogP contribution in [0.25, 0.3) is 0 Å². The van der Waals surface area contributed by atoms with Crippen LogP contribution in [0.4, 0.5) is 14.9 Å². The molecule has 3 amide bonds. The number of anilines is 1. The zero-order valence-corrected chi connectivity index (χ0v) is 14.8. The number of rotatable bonds is 7. The Morgan fingerprint density at radius 2 is 1.92 bits per heavy atom. The second kappa shape index (κ2) is 8.95. The zero-order chi connectivity index (χ0) is 18.4. The summed E-state index contributed by atoms with van der Waals surface area (Å²) < 4.78 is 19.2. The molecule has 0 spiro atoms. The molecule has 2 fully saturated rings. The highest BCUT2D eigenvalue weighted by Crippen LogP contribution is 2.23. The van der Waals surface area contributed by atoms with E-state index in [-0.39, 0.29) is 24.2 Å². The zero-order valence-electron chi connectivity index (χ0n) is 14.8. The molecule has 0 atom stereocenters. The molecule has 26 heavy (non-hydrogen) atoms. The van der Waals surface area contributed by atoms with Crippen LogP contribution in [0.5, 0.6) is 0 Å². The Morgan fingerprint density at radius 3 is 2.69 bits per heavy atom. The van der Waals surface area contributed by atoms with Gasteiger partial charge in [-0.1, -0.05) is 12.1 Å². The van der Waals surface area contributed by atoms with Gasteiger partial charge in [0.2, 0.25) is 5.91 Å². The van der Waals surface area contributed by atoms with Crippen molar-refractivity contribution in [2.75, 3.05) is 63.9 Å². The Balaban J connectivity index is 1.39. The van der Waals surface area contributed by atoms with E-state index in [4.69, 9.17) is 4.74 Å². The molecule has 142 valence electrons. The van der Waals surface area contributed by atoms with Gasteiger partial charge < -0.3 is 15.0 Å². The molecule has 0 aromatic heterocycles. The molecular weight excluding hydrogens is 339 g/mol. The van der Waals surface area contributed by atoms with Crippen LogP contribution in [0, 0.1) is 5.82 Å². The monoisotopic (exact) mass is 364 g/mol. The number of hydrogen-bond donors (Lipinski definition) is 1. The fourth-order valence-electron chi connectivity index (χ4n) is 3.21. The minimum atomic E-state index is -0.435. The highest BCUT2D eigenvalue weighted by atomic mass is 19.1. The van der Waals surface area contributed by atoms with Crippen LogP contribution in [0.15, 0.2) is 24.3 Å². The molecule has 2 saturated heterocycles. The summed E-state index contributed by atoms with van der Waals surface area (Å²) in [6, 6.07) is 5.84. The van der Waals surface area contributed by atoms with Gasteiger partial charge in [-0.2, -0.15) is 0 Å². The molecule has 0 unspecified atom stereocenters. The first-order valence-corrected chi connectivity index (χ1v) is 9.03. The largest absolute Gasteiger partial charge is 0.379 e. The Bertz CT molecular complexity index is 637. The molecule has 7 nitrogen and oxygen atoms in total. The van der Waals surface area contributed by atoms with E-state index >= 15 is 0 Å². The van der Waals surface area contributed by atoms with E-state index in [0.717, 1.165) is 39.3 Å². The summed E-state index contributed by atoms with van der Waals surface area (Å²) >= 11 is 0. The van der Waals surface area contributed by atoms with Gasteiger partial charge in [-0.3, -0.25) is 14.6 Å². The molecule has 0 aliphatic carbocycles. The van der Waals surface area contributed by atoms with Crippen molar-refractivity contribution in [3.8, 4) is 0 Å². The van der Waals surface area contributed by atoms with Crippen molar-refractivity contribution < 1.29 is 18.7 Å². The number of ether oxygens (including phenoxy) is 1. The SMILES string of the molecule is O=C(CN1CCN(c2ccccc2F)C1=O)NCCCN1CCOCC1. The van der Waals surface area contributed by atoms with Crippen molar-refractivity contribution in [1.82, 2.24) is 15.1 Å². The third-order valence-corrected chi connectivity index (χ3v) is 4.65. The van der Waals surface area contributed by atoms with Crippen molar-refractivity contribution in [1.29, 1.82) is 0 Å². The molecule has 0 bridgehead atoms. The molecule has 0 saturated carbocycles. The summed E-state index contributed by atoms with van der Waals surface area (Å²) in [5.41, 5.74) is 0.255. The lowest BCUT2D eigenvalue weighted by atomic mass is 10.3. The number of hydrogen-bond acceptors (Lipinski definition) is 4. The Labute approximate surface area is 152 Å². The number of para-hydroxylation sites is 1. The first kappa shape index (κ1) is 18.6. The summed E-state index contributed by atoms with van der Waals surface area (Å²) in [5.74, 6) is -0.619. The quantitative estimate of drug-likeness (QED) is 0.731. The Hall–Kier alpha value is -2.19. The van der Waals surface area contributed by atoms with Crippen molar-refractivity contribution in [3.05, 3.63) is 30.1 Å². The van der Waals surface area contributed by atoms with Gasteiger partial charge in [-0.25, -0.2) is 9.18 Å². The van der Waals surface area contributed by atoms with E-state index in [9.17, 15) is 14.0 Å². The normalized spacial score (nSPS) is 18.4. The number of carbonyl (C=O) groups is 2. The molecule has 1 aromatic rings. The van der Waals surface area contributed by atoms with Gasteiger partial charge in [-0.05, 0) is 25.1 Å². The van der Waals surface area contributed by atoms with E-state index in [0.29, 0.717) is 19.6 Å². The smallest absolute Gasteiger partial charge is 0.325 e. The summed E-state index contributed by atoms with van der Waals surface area (Å²) in [6.45, 7) is 5.69. The maximum Gasteiger partial charge on any atom is 0.325 e. The second-order valence-corrected chi connectivity index (χ2v) is 6.46. The Kier molecular flexibility index (Phi) is 6.40. The van der Waals surface area contributed by atoms with Crippen LogP contribution in [0.2, 0.25) is 0 Å². The Morgan fingerprint density at radius 1 is 1.15 bits per heavy atom. The minimum absolute atomic E-state index is 0.00133.